The minimum absolute atomic E-state index is 0.0471. The number of ether oxygens (including phenoxy) is 2. The average Bonchev–Trinajstić information content (AvgIpc) is 3.34. The summed E-state index contributed by atoms with van der Waals surface area (Å²) in [5, 5.41) is 6.16. The molecule has 1 aromatic carbocycles. The van der Waals surface area contributed by atoms with Crippen molar-refractivity contribution < 1.29 is 14.0 Å². The van der Waals surface area contributed by atoms with Gasteiger partial charge in [0.2, 0.25) is 5.82 Å². The van der Waals surface area contributed by atoms with Gasteiger partial charge in [-0.15, -0.1) is 11.3 Å². The van der Waals surface area contributed by atoms with Gasteiger partial charge in [-0.3, -0.25) is 0 Å². The monoisotopic (exact) mass is 343 g/mol. The lowest BCUT2D eigenvalue weighted by Crippen LogP contribution is -2.38. The van der Waals surface area contributed by atoms with Crippen molar-refractivity contribution >= 4 is 17.4 Å². The Morgan fingerprint density at radius 2 is 2.25 bits per heavy atom. The summed E-state index contributed by atoms with van der Waals surface area (Å²) in [4.78, 5) is 7.82. The number of benzene rings is 1. The lowest BCUT2D eigenvalue weighted by atomic mass is 10.2. The van der Waals surface area contributed by atoms with Crippen molar-refractivity contribution in [3.05, 3.63) is 46.7 Å². The van der Waals surface area contributed by atoms with Crippen LogP contribution in [0.5, 0.6) is 5.75 Å². The zero-order chi connectivity index (χ0) is 16.4. The molecule has 7 heteroatoms. The van der Waals surface area contributed by atoms with Gasteiger partial charge in [0, 0.05) is 17.0 Å². The standard InChI is InChI=1S/C17H17N3O3S/c1-21-13-5-2-4-12(10-13)16-18-17(23-19-16)20-7-8-22-14(11-20)15-6-3-9-24-15/h2-6,9-10,14H,7-8,11H2,1H3. The number of morpholine rings is 1. The van der Waals surface area contributed by atoms with E-state index in [0.717, 1.165) is 17.9 Å². The molecule has 1 saturated heterocycles. The summed E-state index contributed by atoms with van der Waals surface area (Å²) in [6.45, 7) is 2.08. The lowest BCUT2D eigenvalue weighted by molar-refractivity contribution is 0.0399. The smallest absolute Gasteiger partial charge is 0.324 e. The highest BCUT2D eigenvalue weighted by Crippen LogP contribution is 2.29. The highest BCUT2D eigenvalue weighted by molar-refractivity contribution is 7.10. The third-order valence-electron chi connectivity index (χ3n) is 3.94. The summed E-state index contributed by atoms with van der Waals surface area (Å²) in [5.74, 6) is 1.33. The largest absolute Gasteiger partial charge is 0.497 e. The summed E-state index contributed by atoms with van der Waals surface area (Å²) in [7, 11) is 1.64. The Balaban J connectivity index is 1.53. The van der Waals surface area contributed by atoms with Crippen molar-refractivity contribution in [2.75, 3.05) is 31.7 Å². The molecule has 1 unspecified atom stereocenters. The first-order valence-corrected chi connectivity index (χ1v) is 8.59. The lowest BCUT2D eigenvalue weighted by Gasteiger charge is -2.30. The summed E-state index contributed by atoms with van der Waals surface area (Å²) in [6, 6.07) is 12.3. The number of methoxy groups -OCH3 is 1. The van der Waals surface area contributed by atoms with E-state index < -0.39 is 0 Å². The number of hydrogen-bond acceptors (Lipinski definition) is 7. The van der Waals surface area contributed by atoms with E-state index in [0.29, 0.717) is 25.0 Å². The van der Waals surface area contributed by atoms with E-state index in [1.54, 1.807) is 18.4 Å². The number of aromatic nitrogens is 2. The van der Waals surface area contributed by atoms with E-state index in [4.69, 9.17) is 14.0 Å². The first-order valence-electron chi connectivity index (χ1n) is 7.71. The fourth-order valence-electron chi connectivity index (χ4n) is 2.69. The molecule has 0 spiro atoms. The molecule has 0 N–H and O–H groups in total. The Kier molecular flexibility index (Phi) is 4.18. The minimum Gasteiger partial charge on any atom is -0.497 e. The van der Waals surface area contributed by atoms with Gasteiger partial charge in [0.05, 0.1) is 20.3 Å². The normalized spacial score (nSPS) is 17.9. The summed E-state index contributed by atoms with van der Waals surface area (Å²) < 4.78 is 16.6. The van der Waals surface area contributed by atoms with Gasteiger partial charge in [0.1, 0.15) is 11.9 Å². The first-order chi connectivity index (χ1) is 11.8. The maximum absolute atomic E-state index is 5.86. The summed E-state index contributed by atoms with van der Waals surface area (Å²) in [5.41, 5.74) is 0.868. The predicted molar refractivity (Wildman–Crippen MR) is 91.5 cm³/mol. The number of hydrogen-bond donors (Lipinski definition) is 0. The van der Waals surface area contributed by atoms with Crippen LogP contribution < -0.4 is 9.64 Å². The zero-order valence-electron chi connectivity index (χ0n) is 13.2. The molecule has 3 aromatic rings. The van der Waals surface area contributed by atoms with Crippen LogP contribution in [0.3, 0.4) is 0 Å². The molecule has 0 aliphatic carbocycles. The highest BCUT2D eigenvalue weighted by Gasteiger charge is 2.26. The molecule has 0 bridgehead atoms. The molecule has 1 atom stereocenters. The van der Waals surface area contributed by atoms with Gasteiger partial charge in [-0.2, -0.15) is 4.98 Å². The minimum atomic E-state index is 0.0471. The Bertz CT molecular complexity index is 803. The van der Waals surface area contributed by atoms with Crippen molar-refractivity contribution in [2.24, 2.45) is 0 Å². The summed E-state index contributed by atoms with van der Waals surface area (Å²) in [6.07, 6.45) is 0.0471. The van der Waals surface area contributed by atoms with E-state index in [-0.39, 0.29) is 6.10 Å². The average molecular weight is 343 g/mol. The van der Waals surface area contributed by atoms with E-state index in [1.165, 1.54) is 4.88 Å². The van der Waals surface area contributed by atoms with Crippen LogP contribution in [-0.4, -0.2) is 36.9 Å². The summed E-state index contributed by atoms with van der Waals surface area (Å²) >= 11 is 1.70. The second-order valence-corrected chi connectivity index (χ2v) is 6.43. The molecule has 4 rings (SSSR count). The van der Waals surface area contributed by atoms with Gasteiger partial charge in [-0.25, -0.2) is 0 Å². The molecule has 0 amide bonds. The predicted octanol–water partition coefficient (Wildman–Crippen LogP) is 3.38. The number of nitrogens with zero attached hydrogens (tertiary/aromatic N) is 3. The molecule has 1 aliphatic heterocycles. The molecule has 1 fully saturated rings. The van der Waals surface area contributed by atoms with Crippen molar-refractivity contribution in [3.63, 3.8) is 0 Å². The number of anilines is 1. The van der Waals surface area contributed by atoms with Crippen molar-refractivity contribution in [1.82, 2.24) is 10.1 Å². The van der Waals surface area contributed by atoms with Crippen molar-refractivity contribution in [1.29, 1.82) is 0 Å². The number of rotatable bonds is 4. The van der Waals surface area contributed by atoms with Crippen LogP contribution in [0.15, 0.2) is 46.3 Å². The van der Waals surface area contributed by atoms with Gasteiger partial charge in [-0.05, 0) is 23.6 Å². The second-order valence-electron chi connectivity index (χ2n) is 5.45. The Hall–Kier alpha value is -2.38. The van der Waals surface area contributed by atoms with Crippen LogP contribution in [0.2, 0.25) is 0 Å². The first kappa shape index (κ1) is 15.2. The van der Waals surface area contributed by atoms with E-state index >= 15 is 0 Å². The topological polar surface area (TPSA) is 60.6 Å². The van der Waals surface area contributed by atoms with Crippen LogP contribution in [0.1, 0.15) is 11.0 Å². The molecule has 6 nitrogen and oxygen atoms in total. The molecular formula is C17H17N3O3S. The molecule has 124 valence electrons. The van der Waals surface area contributed by atoms with Gasteiger partial charge >= 0.3 is 6.01 Å². The van der Waals surface area contributed by atoms with Crippen LogP contribution in [0, 0.1) is 0 Å². The second kappa shape index (κ2) is 6.62. The molecule has 0 radical (unpaired) electrons. The SMILES string of the molecule is COc1cccc(-c2noc(N3CCOC(c4cccs4)C3)n2)c1. The molecule has 24 heavy (non-hydrogen) atoms. The Morgan fingerprint density at radius 1 is 1.29 bits per heavy atom. The van der Waals surface area contributed by atoms with Gasteiger partial charge in [-0.1, -0.05) is 23.4 Å². The molecule has 0 saturated carbocycles. The fraction of sp³-hybridized carbons (Fsp3) is 0.294. The van der Waals surface area contributed by atoms with Crippen LogP contribution in [-0.2, 0) is 4.74 Å². The quantitative estimate of drug-likeness (QED) is 0.724. The van der Waals surface area contributed by atoms with Crippen molar-refractivity contribution in [3.8, 4) is 17.1 Å². The van der Waals surface area contributed by atoms with Crippen LogP contribution in [0.4, 0.5) is 6.01 Å². The maximum atomic E-state index is 5.86. The molecule has 2 aromatic heterocycles. The Morgan fingerprint density at radius 3 is 3.08 bits per heavy atom. The van der Waals surface area contributed by atoms with Gasteiger partial charge < -0.3 is 18.9 Å². The van der Waals surface area contributed by atoms with Crippen LogP contribution >= 0.6 is 11.3 Å². The van der Waals surface area contributed by atoms with Crippen molar-refractivity contribution in [2.45, 2.75) is 6.10 Å². The van der Waals surface area contributed by atoms with Crippen LogP contribution in [0.25, 0.3) is 11.4 Å². The molecular weight excluding hydrogens is 326 g/mol. The number of thiophene rings is 1. The van der Waals surface area contributed by atoms with E-state index in [9.17, 15) is 0 Å². The highest BCUT2D eigenvalue weighted by atomic mass is 32.1. The molecule has 3 heterocycles. The van der Waals surface area contributed by atoms with Gasteiger partial charge in [0.25, 0.3) is 0 Å². The third kappa shape index (κ3) is 3.00. The zero-order valence-corrected chi connectivity index (χ0v) is 14.0. The maximum Gasteiger partial charge on any atom is 0.324 e. The molecule has 1 aliphatic rings. The third-order valence-corrected chi connectivity index (χ3v) is 4.91. The van der Waals surface area contributed by atoms with E-state index in [1.807, 2.05) is 30.3 Å². The van der Waals surface area contributed by atoms with E-state index in [2.05, 4.69) is 26.5 Å². The van der Waals surface area contributed by atoms with Gasteiger partial charge in [0.15, 0.2) is 0 Å². The fourth-order valence-corrected chi connectivity index (χ4v) is 3.46. The Labute approximate surface area is 143 Å².